The molecule has 55 heavy (non-hydrogen) atoms. The van der Waals surface area contributed by atoms with Gasteiger partial charge in [0.25, 0.3) is 0 Å². The zero-order chi connectivity index (χ0) is 40.7. The van der Waals surface area contributed by atoms with Crippen molar-refractivity contribution in [3.8, 4) is 0 Å². The van der Waals surface area contributed by atoms with E-state index in [4.69, 9.17) is 24.8 Å². The predicted octanol–water partition coefficient (Wildman–Crippen LogP) is 11.5. The lowest BCUT2D eigenvalue weighted by Crippen LogP contribution is -2.34. The van der Waals surface area contributed by atoms with Gasteiger partial charge >= 0.3 is 25.7 Å². The highest BCUT2D eigenvalue weighted by Gasteiger charge is 2.28. The number of ether oxygens (including phenoxy) is 2. The Morgan fingerprint density at radius 3 is 1.33 bits per heavy atom. The van der Waals surface area contributed by atoms with Gasteiger partial charge in [0.2, 0.25) is 0 Å². The summed E-state index contributed by atoms with van der Waals surface area (Å²) >= 11 is 0. The van der Waals surface area contributed by atoms with Gasteiger partial charge in [-0.2, -0.15) is 0 Å². The van der Waals surface area contributed by atoms with E-state index in [2.05, 4.69) is 42.7 Å². The first kappa shape index (κ1) is 53.0. The molecule has 0 rings (SSSR count). The maximum absolute atomic E-state index is 12.6. The molecule has 4 N–H and O–H groups in total. The number of esters is 2. The predicted molar refractivity (Wildman–Crippen MR) is 222 cm³/mol. The van der Waals surface area contributed by atoms with Gasteiger partial charge in [0, 0.05) is 12.8 Å². The number of unbranched alkanes of at least 4 members (excludes halogenated alkanes) is 23. The van der Waals surface area contributed by atoms with Gasteiger partial charge in [-0.25, -0.2) is 4.57 Å². The highest BCUT2D eigenvalue weighted by Crippen LogP contribution is 2.43. The first-order valence-corrected chi connectivity index (χ1v) is 23.4. The summed E-state index contributed by atoms with van der Waals surface area (Å²) in [6.45, 7) is 2.79. The van der Waals surface area contributed by atoms with Crippen molar-refractivity contribution in [1.82, 2.24) is 0 Å². The Kier molecular flexibility index (Phi) is 37.4. The minimum atomic E-state index is -4.72. The lowest BCUT2D eigenvalue weighted by molar-refractivity contribution is -0.161. The summed E-state index contributed by atoms with van der Waals surface area (Å²) in [5.74, 6) is -2.39. The van der Waals surface area contributed by atoms with Crippen molar-refractivity contribution in [3.05, 3.63) is 24.3 Å². The largest absolute Gasteiger partial charge is 0.480 e. The van der Waals surface area contributed by atoms with E-state index >= 15 is 0 Å². The van der Waals surface area contributed by atoms with E-state index in [0.29, 0.717) is 12.8 Å². The molecule has 0 aliphatic rings. The molecular weight excluding hydrogens is 721 g/mol. The molecule has 12 heteroatoms. The number of carbonyl (C=O) groups excluding carboxylic acids is 2. The molecule has 11 nitrogen and oxygen atoms in total. The van der Waals surface area contributed by atoms with Crippen LogP contribution in [0.25, 0.3) is 0 Å². The SMILES string of the molecule is CCCCCCCC/C=C\CCCCCCCC(=O)OC[C@H](COP(=O)(O)OC[C@H](N)C(=O)O)OC(=O)CCCCCCC/C=C\CCCCCCCCC. The van der Waals surface area contributed by atoms with Crippen LogP contribution in [0.1, 0.15) is 200 Å². The second kappa shape index (κ2) is 38.8. The van der Waals surface area contributed by atoms with Crippen LogP contribution in [0.5, 0.6) is 0 Å². The van der Waals surface area contributed by atoms with Gasteiger partial charge in [0.05, 0.1) is 13.2 Å². The molecule has 0 aromatic heterocycles. The maximum atomic E-state index is 12.6. The fourth-order valence-corrected chi connectivity index (χ4v) is 6.71. The molecule has 0 amide bonds. The molecule has 0 heterocycles. The molecule has 0 aromatic rings. The van der Waals surface area contributed by atoms with Crippen LogP contribution in [0.15, 0.2) is 24.3 Å². The van der Waals surface area contributed by atoms with Gasteiger partial charge in [0.1, 0.15) is 12.6 Å². The Morgan fingerprint density at radius 2 is 0.909 bits per heavy atom. The molecule has 322 valence electrons. The van der Waals surface area contributed by atoms with Crippen LogP contribution in [-0.2, 0) is 37.5 Å². The van der Waals surface area contributed by atoms with Gasteiger partial charge in [-0.3, -0.25) is 23.4 Å². The van der Waals surface area contributed by atoms with E-state index in [1.54, 1.807) is 0 Å². The number of carboxylic acids is 1. The van der Waals surface area contributed by atoms with Crippen molar-refractivity contribution in [3.63, 3.8) is 0 Å². The van der Waals surface area contributed by atoms with Crippen LogP contribution < -0.4 is 5.73 Å². The first-order chi connectivity index (χ1) is 26.6. The number of nitrogens with two attached hydrogens (primary N) is 1. The van der Waals surface area contributed by atoms with Crippen LogP contribution in [0, 0.1) is 0 Å². The average Bonchev–Trinajstić information content (AvgIpc) is 3.16. The molecule has 3 atom stereocenters. The molecular formula is C43H80NO10P. The number of carbonyl (C=O) groups is 3. The number of hydrogen-bond acceptors (Lipinski definition) is 9. The lowest BCUT2D eigenvalue weighted by Gasteiger charge is -2.20. The van der Waals surface area contributed by atoms with Crippen LogP contribution in [0.4, 0.5) is 0 Å². The monoisotopic (exact) mass is 802 g/mol. The highest BCUT2D eigenvalue weighted by molar-refractivity contribution is 7.47. The van der Waals surface area contributed by atoms with E-state index in [9.17, 15) is 23.8 Å². The van der Waals surface area contributed by atoms with E-state index in [1.165, 1.54) is 83.5 Å². The molecule has 0 bridgehead atoms. The smallest absolute Gasteiger partial charge is 0.472 e. The summed E-state index contributed by atoms with van der Waals surface area (Å²) in [6, 6.07) is -1.52. The summed E-state index contributed by atoms with van der Waals surface area (Å²) in [5, 5.41) is 8.88. The zero-order valence-electron chi connectivity index (χ0n) is 34.8. The minimum Gasteiger partial charge on any atom is -0.480 e. The second-order valence-corrected chi connectivity index (χ2v) is 16.3. The molecule has 1 unspecified atom stereocenters. The van der Waals surface area contributed by atoms with Crippen LogP contribution >= 0.6 is 7.82 Å². The number of phosphoric ester groups is 1. The number of allylic oxidation sites excluding steroid dienone is 4. The third-order valence-corrected chi connectivity index (χ3v) is 10.4. The van der Waals surface area contributed by atoms with Gasteiger partial charge in [-0.15, -0.1) is 0 Å². The Hall–Kier alpha value is -2.04. The lowest BCUT2D eigenvalue weighted by atomic mass is 10.1. The van der Waals surface area contributed by atoms with Gasteiger partial charge < -0.3 is 25.2 Å². The molecule has 0 aliphatic carbocycles. The van der Waals surface area contributed by atoms with Crippen molar-refractivity contribution in [2.24, 2.45) is 5.73 Å². The number of rotatable bonds is 41. The van der Waals surface area contributed by atoms with Gasteiger partial charge in [0.15, 0.2) is 6.10 Å². The summed E-state index contributed by atoms with van der Waals surface area (Å²) in [7, 11) is -4.72. The van der Waals surface area contributed by atoms with Crippen molar-refractivity contribution >= 4 is 25.7 Å². The molecule has 0 saturated heterocycles. The molecule has 0 saturated carbocycles. The highest BCUT2D eigenvalue weighted by atomic mass is 31.2. The summed E-state index contributed by atoms with van der Waals surface area (Å²) in [6.07, 6.45) is 39.5. The quantitative estimate of drug-likeness (QED) is 0.0232. The van der Waals surface area contributed by atoms with Crippen molar-refractivity contribution in [2.45, 2.75) is 212 Å². The van der Waals surface area contributed by atoms with E-state index in [-0.39, 0.29) is 19.4 Å². The number of carboxylic acid groups (broad SMARTS) is 1. The maximum Gasteiger partial charge on any atom is 0.472 e. The Bertz CT molecular complexity index is 1040. The van der Waals surface area contributed by atoms with Crippen LogP contribution in [0.3, 0.4) is 0 Å². The third-order valence-electron chi connectivity index (χ3n) is 9.42. The van der Waals surface area contributed by atoms with Crippen LogP contribution in [-0.4, -0.2) is 59.9 Å². The molecule has 0 aliphatic heterocycles. The molecule has 0 fully saturated rings. The third kappa shape index (κ3) is 38.6. The topological polar surface area (TPSA) is 172 Å². The normalized spacial score (nSPS) is 14.0. The Morgan fingerprint density at radius 1 is 0.545 bits per heavy atom. The summed E-state index contributed by atoms with van der Waals surface area (Å²) < 4.78 is 32.7. The van der Waals surface area contributed by atoms with E-state index < -0.39 is 51.1 Å². The summed E-state index contributed by atoms with van der Waals surface area (Å²) in [5.41, 5.74) is 5.33. The standard InChI is InChI=1S/C43H80NO10P/c1-3-5-7-9-11-13-15-17-19-21-23-25-27-29-31-33-35-42(46)54-39(37-52-55(49,50)53-38-40(44)43(47)48)36-51-41(45)34-32-30-28-26-24-22-20-18-16-14-12-10-8-6-4-2/h18-21,39-40H,3-17,22-38,44H2,1-2H3,(H,47,48)(H,49,50)/b20-18-,21-19-/t39-,40+/m1/s1. The number of hydrogen-bond donors (Lipinski definition) is 3. The number of aliphatic carboxylic acids is 1. The van der Waals surface area contributed by atoms with Crippen LogP contribution in [0.2, 0.25) is 0 Å². The molecule has 0 radical (unpaired) electrons. The Labute approximate surface area is 334 Å². The van der Waals surface area contributed by atoms with E-state index in [1.807, 2.05) is 0 Å². The van der Waals surface area contributed by atoms with Gasteiger partial charge in [-0.1, -0.05) is 147 Å². The second-order valence-electron chi connectivity index (χ2n) is 14.8. The summed E-state index contributed by atoms with van der Waals surface area (Å²) in [4.78, 5) is 45.9. The Balaban J connectivity index is 4.38. The number of phosphoric acid groups is 1. The molecule has 0 spiro atoms. The molecule has 0 aromatic carbocycles. The van der Waals surface area contributed by atoms with Crippen molar-refractivity contribution in [2.75, 3.05) is 19.8 Å². The minimum absolute atomic E-state index is 0.151. The van der Waals surface area contributed by atoms with Crippen molar-refractivity contribution < 1.29 is 47.5 Å². The first-order valence-electron chi connectivity index (χ1n) is 21.9. The fraction of sp³-hybridized carbons (Fsp3) is 0.837. The van der Waals surface area contributed by atoms with Gasteiger partial charge in [-0.05, 0) is 64.2 Å². The zero-order valence-corrected chi connectivity index (χ0v) is 35.7. The van der Waals surface area contributed by atoms with Crippen molar-refractivity contribution in [1.29, 1.82) is 0 Å². The average molecular weight is 802 g/mol. The van der Waals surface area contributed by atoms with E-state index in [0.717, 1.165) is 77.0 Å². The fourth-order valence-electron chi connectivity index (χ4n) is 5.94.